The van der Waals surface area contributed by atoms with Crippen LogP contribution in [0.3, 0.4) is 0 Å². The molecule has 4 aromatic heterocycles. The fraction of sp³-hybridized carbons (Fsp3) is 0.333. The summed E-state index contributed by atoms with van der Waals surface area (Å²) in [4.78, 5) is 20.6. The number of nitrogens with zero attached hydrogens (tertiary/aromatic N) is 5. The lowest BCUT2D eigenvalue weighted by Gasteiger charge is -2.15. The highest BCUT2D eigenvalue weighted by atomic mass is 15.1. The molecule has 5 rings (SSSR count). The summed E-state index contributed by atoms with van der Waals surface area (Å²) in [5.41, 5.74) is 9.70. The normalized spacial score (nSPS) is 23.0. The van der Waals surface area contributed by atoms with Gasteiger partial charge < -0.3 is 16.0 Å². The van der Waals surface area contributed by atoms with Crippen LogP contribution < -0.4 is 11.1 Å². The Kier molecular flexibility index (Phi) is 3.31. The van der Waals surface area contributed by atoms with Gasteiger partial charge in [-0.3, -0.25) is 4.40 Å². The van der Waals surface area contributed by atoms with Crippen LogP contribution >= 0.6 is 0 Å². The highest BCUT2D eigenvalue weighted by Gasteiger charge is 2.34. The number of aromatic amines is 1. The standard InChI is InChI=1S/C18H20N8/c1-10-4-11(25-16-8-21-15(19)7-22-16)5-12(10)14-6-23-17-9-24-18-13(26(14)17)2-3-20-18/h2-3,6-12,20H,4-5H2,1H3,(H2,19,21)(H,22,25)/t10-,11+,12-/m1/s1. The molecule has 0 spiro atoms. The van der Waals surface area contributed by atoms with E-state index >= 15 is 0 Å². The predicted molar refractivity (Wildman–Crippen MR) is 99.8 cm³/mol. The Bertz CT molecular complexity index is 1060. The second-order valence-electron chi connectivity index (χ2n) is 7.07. The summed E-state index contributed by atoms with van der Waals surface area (Å²) < 4.78 is 2.23. The molecule has 0 bridgehead atoms. The highest BCUT2D eigenvalue weighted by Crippen LogP contribution is 2.41. The number of anilines is 2. The van der Waals surface area contributed by atoms with Crippen molar-refractivity contribution in [1.29, 1.82) is 0 Å². The minimum absolute atomic E-state index is 0.349. The molecule has 1 fully saturated rings. The monoisotopic (exact) mass is 348 g/mol. The predicted octanol–water partition coefficient (Wildman–Crippen LogP) is 2.58. The van der Waals surface area contributed by atoms with Crippen LogP contribution in [0.2, 0.25) is 0 Å². The molecule has 1 saturated carbocycles. The largest absolute Gasteiger partial charge is 0.382 e. The van der Waals surface area contributed by atoms with Gasteiger partial charge in [-0.15, -0.1) is 0 Å². The van der Waals surface area contributed by atoms with E-state index in [0.29, 0.717) is 23.7 Å². The van der Waals surface area contributed by atoms with Crippen molar-refractivity contribution >= 4 is 28.4 Å². The fourth-order valence-corrected chi connectivity index (χ4v) is 4.15. The first-order valence-corrected chi connectivity index (χ1v) is 8.82. The van der Waals surface area contributed by atoms with Crippen molar-refractivity contribution in [3.8, 4) is 0 Å². The van der Waals surface area contributed by atoms with Gasteiger partial charge in [-0.05, 0) is 24.8 Å². The van der Waals surface area contributed by atoms with Crippen LogP contribution in [-0.2, 0) is 0 Å². The van der Waals surface area contributed by atoms with E-state index in [1.807, 2.05) is 18.6 Å². The van der Waals surface area contributed by atoms with Crippen LogP contribution in [0, 0.1) is 5.92 Å². The number of nitrogens with two attached hydrogens (primary N) is 1. The van der Waals surface area contributed by atoms with Crippen molar-refractivity contribution in [3.63, 3.8) is 0 Å². The molecule has 0 amide bonds. The average molecular weight is 348 g/mol. The Morgan fingerprint density at radius 2 is 2.04 bits per heavy atom. The number of hydrogen-bond donors (Lipinski definition) is 3. The third kappa shape index (κ3) is 2.37. The van der Waals surface area contributed by atoms with E-state index in [0.717, 1.165) is 35.5 Å². The highest BCUT2D eigenvalue weighted by molar-refractivity contribution is 5.74. The first-order valence-electron chi connectivity index (χ1n) is 8.82. The van der Waals surface area contributed by atoms with Crippen molar-refractivity contribution in [1.82, 2.24) is 29.3 Å². The van der Waals surface area contributed by atoms with E-state index in [2.05, 4.69) is 47.6 Å². The Hall–Kier alpha value is -3.16. The molecule has 4 heterocycles. The number of rotatable bonds is 3. The van der Waals surface area contributed by atoms with E-state index < -0.39 is 0 Å². The maximum atomic E-state index is 5.61. The zero-order chi connectivity index (χ0) is 17.7. The van der Waals surface area contributed by atoms with E-state index in [-0.39, 0.29) is 0 Å². The lowest BCUT2D eigenvalue weighted by Crippen LogP contribution is -2.16. The molecule has 0 aliphatic heterocycles. The third-order valence-corrected chi connectivity index (χ3v) is 5.36. The molecule has 0 aromatic carbocycles. The molecule has 4 aromatic rings. The van der Waals surface area contributed by atoms with E-state index in [1.54, 1.807) is 12.4 Å². The van der Waals surface area contributed by atoms with Crippen molar-refractivity contribution in [2.45, 2.75) is 31.7 Å². The molecule has 26 heavy (non-hydrogen) atoms. The zero-order valence-corrected chi connectivity index (χ0v) is 14.4. The van der Waals surface area contributed by atoms with Gasteiger partial charge in [-0.2, -0.15) is 0 Å². The topological polar surface area (TPSA) is 110 Å². The molecule has 3 atom stereocenters. The Labute approximate surface area is 149 Å². The fourth-order valence-electron chi connectivity index (χ4n) is 4.15. The molecule has 4 N–H and O–H groups in total. The Balaban J connectivity index is 1.46. The molecular formula is C18H20N8. The second-order valence-corrected chi connectivity index (χ2v) is 7.07. The summed E-state index contributed by atoms with van der Waals surface area (Å²) in [5.74, 6) is 2.16. The van der Waals surface area contributed by atoms with E-state index in [9.17, 15) is 0 Å². The van der Waals surface area contributed by atoms with Gasteiger partial charge in [-0.25, -0.2) is 19.9 Å². The number of imidazole rings is 1. The zero-order valence-electron chi connectivity index (χ0n) is 14.4. The second kappa shape index (κ2) is 5.69. The van der Waals surface area contributed by atoms with Crippen LogP contribution in [0.5, 0.6) is 0 Å². The maximum Gasteiger partial charge on any atom is 0.156 e. The smallest absolute Gasteiger partial charge is 0.156 e. The first kappa shape index (κ1) is 15.1. The van der Waals surface area contributed by atoms with Crippen molar-refractivity contribution in [3.05, 3.63) is 42.7 Å². The molecule has 8 nitrogen and oxygen atoms in total. The summed E-state index contributed by atoms with van der Waals surface area (Å²) in [5, 5.41) is 3.49. The number of hydrogen-bond acceptors (Lipinski definition) is 6. The molecule has 0 radical (unpaired) electrons. The molecule has 1 aliphatic carbocycles. The lowest BCUT2D eigenvalue weighted by atomic mass is 9.95. The number of nitrogen functional groups attached to an aromatic ring is 1. The minimum atomic E-state index is 0.349. The average Bonchev–Trinajstić information content (AvgIpc) is 3.34. The summed E-state index contributed by atoms with van der Waals surface area (Å²) in [6, 6.07) is 2.40. The SMILES string of the molecule is C[C@@H]1C[C@H](Nc2cnc(N)cn2)C[C@H]1c1cnc2cnc3[nH]ccc3n12. The summed E-state index contributed by atoms with van der Waals surface area (Å²) in [6.45, 7) is 2.30. The minimum Gasteiger partial charge on any atom is -0.382 e. The Morgan fingerprint density at radius 1 is 1.12 bits per heavy atom. The van der Waals surface area contributed by atoms with Crippen molar-refractivity contribution in [2.24, 2.45) is 5.92 Å². The summed E-state index contributed by atoms with van der Waals surface area (Å²) in [7, 11) is 0. The number of fused-ring (bicyclic) bond motifs is 3. The van der Waals surface area contributed by atoms with Crippen LogP contribution in [0.25, 0.3) is 16.8 Å². The Morgan fingerprint density at radius 3 is 2.88 bits per heavy atom. The van der Waals surface area contributed by atoms with Gasteiger partial charge >= 0.3 is 0 Å². The van der Waals surface area contributed by atoms with Crippen molar-refractivity contribution < 1.29 is 0 Å². The van der Waals surface area contributed by atoms with Crippen LogP contribution in [0.1, 0.15) is 31.4 Å². The van der Waals surface area contributed by atoms with Crippen molar-refractivity contribution in [2.75, 3.05) is 11.1 Å². The lowest BCUT2D eigenvalue weighted by molar-refractivity contribution is 0.520. The quantitative estimate of drug-likeness (QED) is 0.525. The summed E-state index contributed by atoms with van der Waals surface area (Å²) in [6.07, 6.45) is 11.1. The molecule has 0 unspecified atom stereocenters. The van der Waals surface area contributed by atoms with Crippen LogP contribution in [-0.4, -0.2) is 35.4 Å². The molecule has 0 saturated heterocycles. The number of aromatic nitrogens is 6. The van der Waals surface area contributed by atoms with Gasteiger partial charge in [0, 0.05) is 30.0 Å². The van der Waals surface area contributed by atoms with Gasteiger partial charge in [0.25, 0.3) is 0 Å². The van der Waals surface area contributed by atoms with E-state index in [4.69, 9.17) is 5.73 Å². The first-order chi connectivity index (χ1) is 12.7. The molecule has 8 heteroatoms. The number of nitrogens with one attached hydrogen (secondary N) is 2. The molecular weight excluding hydrogens is 328 g/mol. The third-order valence-electron chi connectivity index (χ3n) is 5.36. The molecule has 1 aliphatic rings. The number of H-pyrrole nitrogens is 1. The maximum absolute atomic E-state index is 5.61. The molecule has 132 valence electrons. The van der Waals surface area contributed by atoms with Gasteiger partial charge in [-0.1, -0.05) is 6.92 Å². The van der Waals surface area contributed by atoms with Gasteiger partial charge in [0.05, 0.1) is 24.1 Å². The van der Waals surface area contributed by atoms with Gasteiger partial charge in [0.15, 0.2) is 11.3 Å². The van der Waals surface area contributed by atoms with Gasteiger partial charge in [0.2, 0.25) is 0 Å². The van der Waals surface area contributed by atoms with Crippen LogP contribution in [0.4, 0.5) is 11.6 Å². The van der Waals surface area contributed by atoms with E-state index in [1.165, 1.54) is 5.69 Å². The summed E-state index contributed by atoms with van der Waals surface area (Å²) >= 11 is 0. The van der Waals surface area contributed by atoms with Gasteiger partial charge in [0.1, 0.15) is 11.6 Å². The van der Waals surface area contributed by atoms with Crippen LogP contribution in [0.15, 0.2) is 37.1 Å².